The fraction of sp³-hybridized carbons (Fsp3) is 0.357. The highest BCUT2D eigenvalue weighted by molar-refractivity contribution is 5.31. The monoisotopic (exact) mass is 215 g/mol. The second-order valence-electron chi connectivity index (χ2n) is 4.42. The van der Waals surface area contributed by atoms with Gasteiger partial charge in [-0.1, -0.05) is 42.0 Å². The van der Waals surface area contributed by atoms with Gasteiger partial charge >= 0.3 is 0 Å². The lowest BCUT2D eigenvalue weighted by molar-refractivity contribution is 0.0974. The molecule has 0 amide bonds. The van der Waals surface area contributed by atoms with Crippen LogP contribution in [0.5, 0.6) is 0 Å². The van der Waals surface area contributed by atoms with Crippen LogP contribution in [-0.4, -0.2) is 10.7 Å². The minimum atomic E-state index is -1.13. The molecule has 16 heavy (non-hydrogen) atoms. The van der Waals surface area contributed by atoms with E-state index in [9.17, 15) is 10.4 Å². The molecule has 0 fully saturated rings. The fourth-order valence-corrected chi connectivity index (χ4v) is 1.86. The first-order valence-electron chi connectivity index (χ1n) is 5.30. The number of rotatable bonds is 3. The van der Waals surface area contributed by atoms with Crippen LogP contribution in [0.25, 0.3) is 0 Å². The topological polar surface area (TPSA) is 44.0 Å². The lowest BCUT2D eigenvalue weighted by Crippen LogP contribution is -2.29. The smallest absolute Gasteiger partial charge is 0.103 e. The van der Waals surface area contributed by atoms with Crippen molar-refractivity contribution in [1.29, 1.82) is 5.26 Å². The Hall–Kier alpha value is -1.59. The standard InChI is InChI=1S/C14H17NO/c1-11(2)9-14(3,16)13(10-15)12-7-5-4-6-8-12/h4-9,13,16H,1-3H3. The van der Waals surface area contributed by atoms with Crippen LogP contribution in [0.4, 0.5) is 0 Å². The Kier molecular flexibility index (Phi) is 3.87. The average molecular weight is 215 g/mol. The van der Waals surface area contributed by atoms with Crippen molar-refractivity contribution in [1.82, 2.24) is 0 Å². The summed E-state index contributed by atoms with van der Waals surface area (Å²) in [6, 6.07) is 11.5. The van der Waals surface area contributed by atoms with Crippen LogP contribution >= 0.6 is 0 Å². The van der Waals surface area contributed by atoms with Crippen molar-refractivity contribution >= 4 is 0 Å². The Labute approximate surface area is 96.8 Å². The van der Waals surface area contributed by atoms with Gasteiger partial charge in [0.05, 0.1) is 6.07 Å². The van der Waals surface area contributed by atoms with Gasteiger partial charge in [0.1, 0.15) is 11.5 Å². The summed E-state index contributed by atoms with van der Waals surface area (Å²) < 4.78 is 0. The van der Waals surface area contributed by atoms with Crippen LogP contribution in [0, 0.1) is 11.3 Å². The van der Waals surface area contributed by atoms with Crippen molar-refractivity contribution < 1.29 is 5.11 Å². The third kappa shape index (κ3) is 2.95. The van der Waals surface area contributed by atoms with E-state index in [4.69, 9.17) is 0 Å². The zero-order valence-corrected chi connectivity index (χ0v) is 9.94. The second kappa shape index (κ2) is 4.96. The Morgan fingerprint density at radius 3 is 2.38 bits per heavy atom. The number of aliphatic hydroxyl groups is 1. The van der Waals surface area contributed by atoms with Crippen molar-refractivity contribution in [3.63, 3.8) is 0 Å². The van der Waals surface area contributed by atoms with E-state index in [1.165, 1.54) is 0 Å². The minimum Gasteiger partial charge on any atom is -0.384 e. The third-order valence-corrected chi connectivity index (χ3v) is 2.43. The highest BCUT2D eigenvalue weighted by Gasteiger charge is 2.30. The first-order valence-corrected chi connectivity index (χ1v) is 5.30. The van der Waals surface area contributed by atoms with E-state index >= 15 is 0 Å². The molecule has 84 valence electrons. The summed E-state index contributed by atoms with van der Waals surface area (Å²) in [7, 11) is 0. The van der Waals surface area contributed by atoms with Gasteiger partial charge in [0.25, 0.3) is 0 Å². The van der Waals surface area contributed by atoms with Gasteiger partial charge in [-0.15, -0.1) is 0 Å². The van der Waals surface area contributed by atoms with Gasteiger partial charge in [-0.05, 0) is 26.3 Å². The molecule has 1 aromatic rings. The summed E-state index contributed by atoms with van der Waals surface area (Å²) in [5.74, 6) is -0.538. The number of benzene rings is 1. The summed E-state index contributed by atoms with van der Waals surface area (Å²) >= 11 is 0. The maximum Gasteiger partial charge on any atom is 0.103 e. The molecule has 0 aliphatic carbocycles. The zero-order chi connectivity index (χ0) is 12.2. The van der Waals surface area contributed by atoms with Crippen molar-refractivity contribution in [3.05, 3.63) is 47.5 Å². The Bertz CT molecular complexity index is 408. The molecule has 1 aromatic carbocycles. The molecule has 0 saturated heterocycles. The summed E-state index contributed by atoms with van der Waals surface area (Å²) in [6.07, 6.45) is 1.73. The Balaban J connectivity index is 3.10. The summed E-state index contributed by atoms with van der Waals surface area (Å²) in [6.45, 7) is 5.49. The van der Waals surface area contributed by atoms with Crippen LogP contribution in [0.2, 0.25) is 0 Å². The molecule has 0 bridgehead atoms. The van der Waals surface area contributed by atoms with E-state index in [2.05, 4.69) is 6.07 Å². The number of allylic oxidation sites excluding steroid dienone is 1. The highest BCUT2D eigenvalue weighted by Crippen LogP contribution is 2.29. The summed E-state index contributed by atoms with van der Waals surface area (Å²) in [5.41, 5.74) is 0.711. The van der Waals surface area contributed by atoms with E-state index in [1.807, 2.05) is 44.2 Å². The quantitative estimate of drug-likeness (QED) is 0.788. The van der Waals surface area contributed by atoms with Gasteiger partial charge in [0, 0.05) is 0 Å². The molecule has 1 N–H and O–H groups in total. The van der Waals surface area contributed by atoms with Gasteiger partial charge in [-0.2, -0.15) is 5.26 Å². The summed E-state index contributed by atoms with van der Waals surface area (Å²) in [5, 5.41) is 19.5. The van der Waals surface area contributed by atoms with E-state index in [-0.39, 0.29) is 0 Å². The molecule has 2 heteroatoms. The molecular formula is C14H17NO. The molecule has 0 spiro atoms. The largest absolute Gasteiger partial charge is 0.384 e. The predicted molar refractivity (Wildman–Crippen MR) is 64.9 cm³/mol. The van der Waals surface area contributed by atoms with Gasteiger partial charge in [0.15, 0.2) is 0 Å². The number of nitrogens with zero attached hydrogens (tertiary/aromatic N) is 1. The number of hydrogen-bond acceptors (Lipinski definition) is 2. The number of hydrogen-bond donors (Lipinski definition) is 1. The average Bonchev–Trinajstić information content (AvgIpc) is 2.17. The van der Waals surface area contributed by atoms with E-state index in [0.717, 1.165) is 11.1 Å². The zero-order valence-electron chi connectivity index (χ0n) is 9.94. The highest BCUT2D eigenvalue weighted by atomic mass is 16.3. The molecule has 0 aromatic heterocycles. The van der Waals surface area contributed by atoms with Crippen LogP contribution in [0.15, 0.2) is 42.0 Å². The SMILES string of the molecule is CC(C)=CC(C)(O)C(C#N)c1ccccc1. The molecular weight excluding hydrogens is 198 g/mol. The van der Waals surface area contributed by atoms with Crippen LogP contribution in [0.3, 0.4) is 0 Å². The fourth-order valence-electron chi connectivity index (χ4n) is 1.86. The normalized spacial score (nSPS) is 15.7. The van der Waals surface area contributed by atoms with Gasteiger partial charge in [-0.25, -0.2) is 0 Å². The lowest BCUT2D eigenvalue weighted by Gasteiger charge is -2.25. The van der Waals surface area contributed by atoms with Crippen LogP contribution in [0.1, 0.15) is 32.3 Å². The third-order valence-electron chi connectivity index (χ3n) is 2.43. The van der Waals surface area contributed by atoms with Gasteiger partial charge in [-0.3, -0.25) is 0 Å². The predicted octanol–water partition coefficient (Wildman–Crippen LogP) is 3.01. The first-order chi connectivity index (χ1) is 7.47. The first kappa shape index (κ1) is 12.5. The summed E-state index contributed by atoms with van der Waals surface area (Å²) in [4.78, 5) is 0. The maximum atomic E-state index is 10.3. The molecule has 2 atom stereocenters. The van der Waals surface area contributed by atoms with Crippen molar-refractivity contribution in [2.45, 2.75) is 32.3 Å². The van der Waals surface area contributed by atoms with E-state index in [0.29, 0.717) is 0 Å². The Morgan fingerprint density at radius 1 is 1.38 bits per heavy atom. The van der Waals surface area contributed by atoms with Crippen molar-refractivity contribution in [3.8, 4) is 6.07 Å². The Morgan fingerprint density at radius 2 is 1.94 bits per heavy atom. The van der Waals surface area contributed by atoms with Crippen LogP contribution < -0.4 is 0 Å². The second-order valence-corrected chi connectivity index (χ2v) is 4.42. The molecule has 0 heterocycles. The molecule has 0 radical (unpaired) electrons. The molecule has 2 unspecified atom stereocenters. The number of nitriles is 1. The van der Waals surface area contributed by atoms with E-state index in [1.54, 1.807) is 13.0 Å². The molecule has 1 rings (SSSR count). The molecule has 0 aliphatic heterocycles. The molecule has 2 nitrogen and oxygen atoms in total. The minimum absolute atomic E-state index is 0.538. The van der Waals surface area contributed by atoms with E-state index < -0.39 is 11.5 Å². The molecule has 0 saturated carbocycles. The van der Waals surface area contributed by atoms with Crippen molar-refractivity contribution in [2.24, 2.45) is 0 Å². The van der Waals surface area contributed by atoms with Gasteiger partial charge in [0.2, 0.25) is 0 Å². The maximum absolute atomic E-state index is 10.3. The molecule has 0 aliphatic rings. The van der Waals surface area contributed by atoms with Crippen molar-refractivity contribution in [2.75, 3.05) is 0 Å². The van der Waals surface area contributed by atoms with Crippen LogP contribution in [-0.2, 0) is 0 Å². The lowest BCUT2D eigenvalue weighted by atomic mass is 9.83. The van der Waals surface area contributed by atoms with Gasteiger partial charge < -0.3 is 5.11 Å².